The van der Waals surface area contributed by atoms with Crippen LogP contribution in [-0.2, 0) is 6.61 Å². The van der Waals surface area contributed by atoms with Gasteiger partial charge < -0.3 is 20.1 Å². The summed E-state index contributed by atoms with van der Waals surface area (Å²) < 4.78 is 5.78. The summed E-state index contributed by atoms with van der Waals surface area (Å²) in [6.07, 6.45) is -0.927. The summed E-state index contributed by atoms with van der Waals surface area (Å²) in [4.78, 5) is 4.38. The third-order valence-electron chi connectivity index (χ3n) is 3.72. The Labute approximate surface area is 143 Å². The van der Waals surface area contributed by atoms with Crippen molar-refractivity contribution < 1.29 is 9.84 Å². The number of pyridine rings is 1. The van der Waals surface area contributed by atoms with Gasteiger partial charge in [-0.25, -0.2) is 0 Å². The maximum atomic E-state index is 12.0. The molecule has 1 aromatic carbocycles. The fraction of sp³-hybridized carbons (Fsp3) is 0.421. The van der Waals surface area contributed by atoms with Gasteiger partial charge in [-0.15, -0.1) is 0 Å². The van der Waals surface area contributed by atoms with Crippen LogP contribution in [0.5, 0.6) is 5.75 Å². The number of aliphatic hydroxyl groups is 1. The first-order valence-corrected chi connectivity index (χ1v) is 8.04. The molecule has 0 bridgehead atoms. The number of ether oxygens (including phenoxy) is 1. The van der Waals surface area contributed by atoms with E-state index in [4.69, 9.17) is 4.74 Å². The van der Waals surface area contributed by atoms with E-state index in [1.165, 1.54) is 0 Å². The molecule has 5 heteroatoms. The van der Waals surface area contributed by atoms with Gasteiger partial charge >= 0.3 is 0 Å². The fourth-order valence-electron chi connectivity index (χ4n) is 2.17. The first kappa shape index (κ1) is 18.4. The number of aromatic nitrogens is 1. The maximum absolute atomic E-state index is 12.0. The molecule has 2 rings (SSSR count). The van der Waals surface area contributed by atoms with Crippen LogP contribution in [0.4, 0.5) is 0 Å². The van der Waals surface area contributed by atoms with Crippen LogP contribution < -0.4 is 4.74 Å². The summed E-state index contributed by atoms with van der Waals surface area (Å²) >= 11 is 0. The van der Waals surface area contributed by atoms with Crippen LogP contribution >= 0.6 is 0 Å². The summed E-state index contributed by atoms with van der Waals surface area (Å²) in [6, 6.07) is 13.4. The summed E-state index contributed by atoms with van der Waals surface area (Å²) in [5, 5.41) is 23.1. The summed E-state index contributed by atoms with van der Waals surface area (Å²) in [6.45, 7) is 7.71. The Hall–Kier alpha value is -1.95. The lowest BCUT2D eigenvalue weighted by Crippen LogP contribution is -2.39. The van der Waals surface area contributed by atoms with Gasteiger partial charge in [0.05, 0.1) is 11.4 Å². The number of β-amino-alcohol motifs (C(OH)–C–C–N with tert-alkyl or cyclic N) is 1. The Kier molecular flexibility index (Phi) is 5.94. The molecule has 24 heavy (non-hydrogen) atoms. The quantitative estimate of drug-likeness (QED) is 0.820. The van der Waals surface area contributed by atoms with Crippen molar-refractivity contribution in [3.05, 3.63) is 64.6 Å². The van der Waals surface area contributed by atoms with Gasteiger partial charge in [0.25, 0.3) is 0 Å². The van der Waals surface area contributed by atoms with Crippen LogP contribution in [0.15, 0.2) is 42.5 Å². The van der Waals surface area contributed by atoms with Gasteiger partial charge in [-0.1, -0.05) is 30.3 Å². The molecule has 0 aliphatic heterocycles. The predicted octanol–water partition coefficient (Wildman–Crippen LogP) is 3.60. The first-order valence-electron chi connectivity index (χ1n) is 8.04. The molecular weight excluding hydrogens is 304 g/mol. The van der Waals surface area contributed by atoms with Crippen molar-refractivity contribution in [1.82, 2.24) is 10.0 Å². The van der Waals surface area contributed by atoms with Crippen molar-refractivity contribution in [1.29, 1.82) is 0 Å². The van der Waals surface area contributed by atoms with Gasteiger partial charge in [-0.05, 0) is 45.4 Å². The molecule has 1 aromatic heterocycles. The smallest absolute Gasteiger partial charge is 0.141 e. The highest BCUT2D eigenvalue weighted by atomic mass is 16.5. The highest BCUT2D eigenvalue weighted by Gasteiger charge is 2.18. The van der Waals surface area contributed by atoms with Gasteiger partial charge in [0.15, 0.2) is 0 Å². The van der Waals surface area contributed by atoms with E-state index in [1.54, 1.807) is 12.1 Å². The zero-order valence-electron chi connectivity index (χ0n) is 14.7. The van der Waals surface area contributed by atoms with E-state index in [9.17, 15) is 10.3 Å². The van der Waals surface area contributed by atoms with E-state index in [0.717, 1.165) is 10.6 Å². The third kappa shape index (κ3) is 5.03. The minimum Gasteiger partial charge on any atom is -0.785 e. The van der Waals surface area contributed by atoms with Gasteiger partial charge in [0, 0.05) is 12.1 Å². The van der Waals surface area contributed by atoms with Crippen LogP contribution in [0.2, 0.25) is 0 Å². The van der Waals surface area contributed by atoms with E-state index in [-0.39, 0.29) is 6.54 Å². The molecule has 0 saturated heterocycles. The topological polar surface area (TPSA) is 68.7 Å². The van der Waals surface area contributed by atoms with E-state index in [2.05, 4.69) is 4.98 Å². The lowest BCUT2D eigenvalue weighted by atomic mass is 10.1. The van der Waals surface area contributed by atoms with E-state index in [1.807, 2.05) is 58.0 Å². The standard InChI is InChI=1S/C19H25N2O3/c1-14-18(24-13-15-8-6-5-7-9-15)11-10-16(20-14)17(22)12-21(23)19(2,3)4/h5-11,17,22H,12-13H2,1-4H3/q-1. The molecule has 1 unspecified atom stereocenters. The summed E-state index contributed by atoms with van der Waals surface area (Å²) in [7, 11) is 0. The lowest BCUT2D eigenvalue weighted by Gasteiger charge is -2.42. The number of nitrogens with zero attached hydrogens (tertiary/aromatic N) is 2. The first-order chi connectivity index (χ1) is 11.3. The van der Waals surface area contributed by atoms with Gasteiger partial charge in [0.2, 0.25) is 0 Å². The van der Waals surface area contributed by atoms with Crippen LogP contribution in [0.1, 0.15) is 43.8 Å². The molecule has 0 aliphatic rings. The van der Waals surface area contributed by atoms with Crippen molar-refractivity contribution in [3.63, 3.8) is 0 Å². The number of benzene rings is 1. The molecule has 0 aliphatic carbocycles. The van der Waals surface area contributed by atoms with Gasteiger partial charge in [0.1, 0.15) is 18.5 Å². The Morgan fingerprint density at radius 2 is 1.83 bits per heavy atom. The fourth-order valence-corrected chi connectivity index (χ4v) is 2.17. The molecule has 0 radical (unpaired) electrons. The lowest BCUT2D eigenvalue weighted by molar-refractivity contribution is 0.0911. The average molecular weight is 329 g/mol. The van der Waals surface area contributed by atoms with Crippen molar-refractivity contribution in [2.45, 2.75) is 45.9 Å². The largest absolute Gasteiger partial charge is 0.785 e. The van der Waals surface area contributed by atoms with Gasteiger partial charge in [-0.3, -0.25) is 4.98 Å². The third-order valence-corrected chi connectivity index (χ3v) is 3.72. The van der Waals surface area contributed by atoms with Crippen molar-refractivity contribution in [2.75, 3.05) is 6.54 Å². The molecule has 1 N–H and O–H groups in total. The molecule has 1 heterocycles. The minimum absolute atomic E-state index is 0.0137. The number of hydrogen-bond acceptors (Lipinski definition) is 5. The van der Waals surface area contributed by atoms with E-state index >= 15 is 0 Å². The highest BCUT2D eigenvalue weighted by Crippen LogP contribution is 2.22. The molecule has 1 atom stereocenters. The molecule has 0 spiro atoms. The van der Waals surface area contributed by atoms with Crippen LogP contribution in [-0.4, -0.2) is 27.2 Å². The molecular formula is C19H25N2O3-. The number of rotatable bonds is 6. The van der Waals surface area contributed by atoms with E-state index < -0.39 is 11.6 Å². The Balaban J connectivity index is 2.01. The summed E-state index contributed by atoms with van der Waals surface area (Å²) in [5.41, 5.74) is 1.70. The van der Waals surface area contributed by atoms with E-state index in [0.29, 0.717) is 23.7 Å². The normalized spacial score (nSPS) is 13.1. The minimum atomic E-state index is -0.927. The van der Waals surface area contributed by atoms with Crippen LogP contribution in [0, 0.1) is 12.1 Å². The maximum Gasteiger partial charge on any atom is 0.141 e. The zero-order chi connectivity index (χ0) is 17.7. The number of aryl methyl sites for hydroxylation is 1. The number of hydrogen-bond donors (Lipinski definition) is 1. The molecule has 0 saturated carbocycles. The van der Waals surface area contributed by atoms with Crippen molar-refractivity contribution in [2.24, 2.45) is 0 Å². The monoisotopic (exact) mass is 329 g/mol. The second-order valence-corrected chi connectivity index (χ2v) is 6.84. The second-order valence-electron chi connectivity index (χ2n) is 6.84. The van der Waals surface area contributed by atoms with Crippen LogP contribution in [0.25, 0.3) is 0 Å². The second kappa shape index (κ2) is 7.75. The average Bonchev–Trinajstić information content (AvgIpc) is 2.53. The Morgan fingerprint density at radius 3 is 2.42 bits per heavy atom. The Bertz CT molecular complexity index is 653. The summed E-state index contributed by atoms with van der Waals surface area (Å²) in [5.74, 6) is 0.671. The van der Waals surface area contributed by atoms with Crippen LogP contribution in [0.3, 0.4) is 0 Å². The van der Waals surface area contributed by atoms with Crippen molar-refractivity contribution >= 4 is 0 Å². The number of hydroxylamine groups is 2. The molecule has 5 nitrogen and oxygen atoms in total. The highest BCUT2D eigenvalue weighted by molar-refractivity contribution is 5.29. The molecule has 0 amide bonds. The molecule has 0 fully saturated rings. The molecule has 130 valence electrons. The zero-order valence-corrected chi connectivity index (χ0v) is 14.7. The molecule has 2 aromatic rings. The predicted molar refractivity (Wildman–Crippen MR) is 94.5 cm³/mol. The van der Waals surface area contributed by atoms with Crippen molar-refractivity contribution in [3.8, 4) is 5.75 Å². The van der Waals surface area contributed by atoms with Gasteiger partial charge in [-0.2, -0.15) is 0 Å². The SMILES string of the molecule is Cc1nc(C(O)CN([O-])C(C)(C)C)ccc1OCc1ccccc1. The number of aliphatic hydroxyl groups excluding tert-OH is 1. The Morgan fingerprint density at radius 1 is 1.17 bits per heavy atom.